The van der Waals surface area contributed by atoms with E-state index in [0.29, 0.717) is 0 Å². The summed E-state index contributed by atoms with van der Waals surface area (Å²) in [5.41, 5.74) is 17.2. The summed E-state index contributed by atoms with van der Waals surface area (Å²) in [6, 6.07) is 75.2. The second kappa shape index (κ2) is 15.5. The first kappa shape index (κ1) is 35.5. The van der Waals surface area contributed by atoms with Crippen molar-refractivity contribution in [2.75, 3.05) is 4.90 Å². The summed E-state index contributed by atoms with van der Waals surface area (Å²) in [4.78, 5) is 2.47. The summed E-state index contributed by atoms with van der Waals surface area (Å²) in [7, 11) is 0. The fourth-order valence-electron chi connectivity index (χ4n) is 8.74. The Hall–Kier alpha value is -7.22. The number of nitrogens with zero attached hydrogens (tertiary/aromatic N) is 1. The Kier molecular flexibility index (Phi) is 9.64. The Morgan fingerprint density at radius 2 is 1.00 bits per heavy atom. The van der Waals surface area contributed by atoms with E-state index in [4.69, 9.17) is 0 Å². The minimum absolute atomic E-state index is 0.511. The lowest BCUT2D eigenvalue weighted by Gasteiger charge is -2.34. The molecule has 0 aliphatic heterocycles. The topological polar surface area (TPSA) is 3.24 Å². The molecule has 0 N–H and O–H groups in total. The Bertz CT molecular complexity index is 2680. The van der Waals surface area contributed by atoms with Crippen molar-refractivity contribution in [3.63, 3.8) is 0 Å². The summed E-state index contributed by atoms with van der Waals surface area (Å²) in [6.07, 6.45) is 8.14. The highest BCUT2D eigenvalue weighted by molar-refractivity contribution is 5.99. The van der Waals surface area contributed by atoms with Crippen LogP contribution >= 0.6 is 0 Å². The van der Waals surface area contributed by atoms with E-state index in [-0.39, 0.29) is 0 Å². The second-order valence-corrected chi connectivity index (χ2v) is 14.4. The second-order valence-electron chi connectivity index (χ2n) is 14.4. The molecule has 8 aromatic rings. The summed E-state index contributed by atoms with van der Waals surface area (Å²) in [6.45, 7) is 6.16. The van der Waals surface area contributed by atoms with E-state index in [1.807, 2.05) is 19.1 Å². The van der Waals surface area contributed by atoms with Gasteiger partial charge in [-0.1, -0.05) is 213 Å². The van der Waals surface area contributed by atoms with Crippen LogP contribution in [0.5, 0.6) is 0 Å². The summed E-state index contributed by atoms with van der Waals surface area (Å²) >= 11 is 0. The van der Waals surface area contributed by atoms with E-state index >= 15 is 0 Å². The van der Waals surface area contributed by atoms with Gasteiger partial charge in [-0.3, -0.25) is 0 Å². The zero-order chi connectivity index (χ0) is 38.6. The maximum absolute atomic E-state index is 4.13. The third-order valence-corrected chi connectivity index (χ3v) is 11.3. The SMILES string of the molecule is C=C/C(=C\C=C/C)c1ccc(N(c2ccccc2-c2ccc(-c3ccccc3)cc2)c2cccc3c2-c2ccccc2C3(c2ccccc2)c2ccccc2)cc1. The van der Waals surface area contributed by atoms with Gasteiger partial charge >= 0.3 is 0 Å². The normalized spacial score (nSPS) is 12.9. The molecule has 9 rings (SSSR count). The molecule has 0 saturated heterocycles. The monoisotopic (exact) mass is 729 g/mol. The summed E-state index contributed by atoms with van der Waals surface area (Å²) in [5, 5.41) is 0. The van der Waals surface area contributed by atoms with Crippen LogP contribution in [0.1, 0.15) is 34.7 Å². The highest BCUT2D eigenvalue weighted by Gasteiger charge is 2.47. The first-order chi connectivity index (χ1) is 28.2. The third-order valence-electron chi connectivity index (χ3n) is 11.3. The van der Waals surface area contributed by atoms with Crippen LogP contribution in [-0.4, -0.2) is 0 Å². The molecule has 0 radical (unpaired) electrons. The van der Waals surface area contributed by atoms with Gasteiger partial charge in [0.05, 0.1) is 16.8 Å². The molecule has 0 bridgehead atoms. The quantitative estimate of drug-likeness (QED) is 0.127. The molecule has 0 spiro atoms. The van der Waals surface area contributed by atoms with Crippen molar-refractivity contribution in [1.29, 1.82) is 0 Å². The molecule has 57 heavy (non-hydrogen) atoms. The molecule has 0 fully saturated rings. The zero-order valence-corrected chi connectivity index (χ0v) is 32.1. The van der Waals surface area contributed by atoms with Gasteiger partial charge in [-0.15, -0.1) is 0 Å². The predicted molar refractivity (Wildman–Crippen MR) is 242 cm³/mol. The lowest BCUT2D eigenvalue weighted by atomic mass is 9.68. The number of anilines is 3. The smallest absolute Gasteiger partial charge is 0.0714 e. The highest BCUT2D eigenvalue weighted by Crippen LogP contribution is 2.59. The van der Waals surface area contributed by atoms with Gasteiger partial charge in [0.2, 0.25) is 0 Å². The maximum Gasteiger partial charge on any atom is 0.0714 e. The van der Waals surface area contributed by atoms with E-state index in [1.54, 1.807) is 0 Å². The molecule has 0 amide bonds. The van der Waals surface area contributed by atoms with Crippen LogP contribution < -0.4 is 4.90 Å². The van der Waals surface area contributed by atoms with Crippen molar-refractivity contribution in [3.05, 3.63) is 265 Å². The number of allylic oxidation sites excluding steroid dienone is 5. The van der Waals surface area contributed by atoms with Crippen molar-refractivity contribution in [3.8, 4) is 33.4 Å². The maximum atomic E-state index is 4.13. The molecule has 0 unspecified atom stereocenters. The fraction of sp³-hybridized carbons (Fsp3) is 0.0357. The predicted octanol–water partition coefficient (Wildman–Crippen LogP) is 15.0. The lowest BCUT2D eigenvalue weighted by Crippen LogP contribution is -2.28. The Labute approximate surface area is 336 Å². The van der Waals surface area contributed by atoms with Crippen LogP contribution in [0.4, 0.5) is 17.1 Å². The van der Waals surface area contributed by atoms with Crippen molar-refractivity contribution in [2.24, 2.45) is 0 Å². The molecule has 8 aromatic carbocycles. The van der Waals surface area contributed by atoms with Crippen molar-refractivity contribution in [2.45, 2.75) is 12.3 Å². The van der Waals surface area contributed by atoms with Gasteiger partial charge in [-0.2, -0.15) is 0 Å². The van der Waals surface area contributed by atoms with Gasteiger partial charge in [0, 0.05) is 16.8 Å². The number of fused-ring (bicyclic) bond motifs is 3. The average molecular weight is 730 g/mol. The molecule has 1 aliphatic rings. The molecular formula is C56H43N. The number of rotatable bonds is 10. The minimum Gasteiger partial charge on any atom is -0.309 e. The van der Waals surface area contributed by atoms with Crippen LogP contribution in [0.3, 0.4) is 0 Å². The number of hydrogen-bond donors (Lipinski definition) is 0. The summed E-state index contributed by atoms with van der Waals surface area (Å²) in [5.74, 6) is 0. The number of benzene rings is 8. The van der Waals surface area contributed by atoms with Crippen LogP contribution in [0, 0.1) is 0 Å². The van der Waals surface area contributed by atoms with Crippen molar-refractivity contribution in [1.82, 2.24) is 0 Å². The fourth-order valence-corrected chi connectivity index (χ4v) is 8.74. The zero-order valence-electron chi connectivity index (χ0n) is 32.1. The molecule has 0 saturated carbocycles. The van der Waals surface area contributed by atoms with Gasteiger partial charge in [-0.05, 0) is 86.8 Å². The number of para-hydroxylation sites is 1. The number of hydrogen-bond acceptors (Lipinski definition) is 1. The Morgan fingerprint density at radius 3 is 1.65 bits per heavy atom. The van der Waals surface area contributed by atoms with E-state index in [1.165, 1.54) is 44.5 Å². The summed E-state index contributed by atoms with van der Waals surface area (Å²) < 4.78 is 0. The van der Waals surface area contributed by atoms with Gasteiger partial charge in [0.25, 0.3) is 0 Å². The van der Waals surface area contributed by atoms with Gasteiger partial charge in [-0.25, -0.2) is 0 Å². The van der Waals surface area contributed by atoms with Crippen LogP contribution in [0.2, 0.25) is 0 Å². The Balaban J connectivity index is 1.30. The van der Waals surface area contributed by atoms with E-state index in [0.717, 1.165) is 39.3 Å². The molecule has 272 valence electrons. The van der Waals surface area contributed by atoms with Crippen LogP contribution in [0.15, 0.2) is 237 Å². The molecule has 0 heterocycles. The molecular weight excluding hydrogens is 687 g/mol. The average Bonchev–Trinajstić information content (AvgIpc) is 3.60. The standard InChI is InChI=1S/C56H43N/c1-3-5-20-41(4-2)43-37-39-48(40-38-43)57(53-31-18-16-27-49(53)45-35-33-44(34-36-45)42-21-9-6-10-22-42)54-32-19-30-52-55(54)50-28-15-17-29-51(50)56(52,46-23-11-7-12-24-46)47-25-13-8-14-26-47/h3-40H,2H2,1H3/b5-3-,41-20+. The highest BCUT2D eigenvalue weighted by atomic mass is 15.1. The van der Waals surface area contributed by atoms with E-state index < -0.39 is 5.41 Å². The first-order valence-electron chi connectivity index (χ1n) is 19.7. The van der Waals surface area contributed by atoms with Gasteiger partial charge < -0.3 is 4.90 Å². The van der Waals surface area contributed by atoms with Gasteiger partial charge in [0.15, 0.2) is 0 Å². The molecule has 1 nitrogen and oxygen atoms in total. The van der Waals surface area contributed by atoms with E-state index in [9.17, 15) is 0 Å². The van der Waals surface area contributed by atoms with Crippen LogP contribution in [-0.2, 0) is 5.41 Å². The van der Waals surface area contributed by atoms with Gasteiger partial charge in [0.1, 0.15) is 0 Å². The van der Waals surface area contributed by atoms with Crippen molar-refractivity contribution >= 4 is 22.6 Å². The largest absolute Gasteiger partial charge is 0.309 e. The third kappa shape index (κ3) is 6.24. The Morgan fingerprint density at radius 1 is 0.474 bits per heavy atom. The minimum atomic E-state index is -0.511. The van der Waals surface area contributed by atoms with Crippen LogP contribution in [0.25, 0.3) is 39.0 Å². The molecule has 0 atom stereocenters. The lowest BCUT2D eigenvalue weighted by molar-refractivity contribution is 0.768. The van der Waals surface area contributed by atoms with Crippen molar-refractivity contribution < 1.29 is 0 Å². The first-order valence-corrected chi connectivity index (χ1v) is 19.7. The molecule has 1 heteroatoms. The van der Waals surface area contributed by atoms with E-state index in [2.05, 4.69) is 230 Å². The molecule has 0 aromatic heterocycles. The molecule has 1 aliphatic carbocycles.